The predicted molar refractivity (Wildman–Crippen MR) is 74.0 cm³/mol. The first-order valence-corrected chi connectivity index (χ1v) is 6.04. The van der Waals surface area contributed by atoms with Crippen molar-refractivity contribution in [3.05, 3.63) is 28.3 Å². The van der Waals surface area contributed by atoms with Crippen molar-refractivity contribution in [3.8, 4) is 5.75 Å². The van der Waals surface area contributed by atoms with Gasteiger partial charge < -0.3 is 14.8 Å². The monoisotopic (exact) mass is 282 g/mol. The lowest BCUT2D eigenvalue weighted by Crippen LogP contribution is -2.27. The SMILES string of the molecule is CNc1c(OCC(=O)OC(C)(C)C)cccc1[N+](=O)[O-]. The first-order valence-electron chi connectivity index (χ1n) is 6.04. The van der Waals surface area contributed by atoms with Gasteiger partial charge in [-0.2, -0.15) is 0 Å². The fourth-order valence-corrected chi connectivity index (χ4v) is 1.55. The molecule has 0 saturated heterocycles. The molecule has 0 bridgehead atoms. The Morgan fingerprint density at radius 1 is 1.40 bits per heavy atom. The van der Waals surface area contributed by atoms with Crippen LogP contribution in [0, 0.1) is 10.1 Å². The number of carbonyl (C=O) groups is 1. The highest BCUT2D eigenvalue weighted by atomic mass is 16.6. The minimum absolute atomic E-state index is 0.116. The molecule has 110 valence electrons. The fraction of sp³-hybridized carbons (Fsp3) is 0.462. The number of ether oxygens (including phenoxy) is 2. The zero-order valence-corrected chi connectivity index (χ0v) is 11.9. The third kappa shape index (κ3) is 4.42. The number of nitrogens with one attached hydrogen (secondary N) is 1. The average Bonchev–Trinajstić information content (AvgIpc) is 2.33. The molecule has 0 fully saturated rings. The molecule has 0 aliphatic carbocycles. The third-order valence-electron chi connectivity index (χ3n) is 2.22. The first-order chi connectivity index (χ1) is 9.24. The smallest absolute Gasteiger partial charge is 0.344 e. The summed E-state index contributed by atoms with van der Waals surface area (Å²) in [5, 5.41) is 13.6. The average molecular weight is 282 g/mol. The molecule has 0 radical (unpaired) electrons. The van der Waals surface area contributed by atoms with Crippen molar-refractivity contribution < 1.29 is 19.2 Å². The van der Waals surface area contributed by atoms with E-state index in [9.17, 15) is 14.9 Å². The maximum atomic E-state index is 11.5. The van der Waals surface area contributed by atoms with Crippen LogP contribution in [0.4, 0.5) is 11.4 Å². The molecule has 0 heterocycles. The second kappa shape index (κ2) is 6.23. The quantitative estimate of drug-likeness (QED) is 0.506. The largest absolute Gasteiger partial charge is 0.479 e. The molecular weight excluding hydrogens is 264 g/mol. The zero-order chi connectivity index (χ0) is 15.3. The van der Waals surface area contributed by atoms with E-state index in [4.69, 9.17) is 9.47 Å². The van der Waals surface area contributed by atoms with Crippen molar-refractivity contribution in [1.82, 2.24) is 0 Å². The van der Waals surface area contributed by atoms with Gasteiger partial charge in [0.15, 0.2) is 12.3 Å². The van der Waals surface area contributed by atoms with Gasteiger partial charge in [-0.1, -0.05) is 6.07 Å². The molecule has 0 amide bonds. The Morgan fingerprint density at radius 3 is 2.55 bits per heavy atom. The summed E-state index contributed by atoms with van der Waals surface area (Å²) in [4.78, 5) is 21.9. The predicted octanol–water partition coefficient (Wildman–Crippen LogP) is 2.36. The Morgan fingerprint density at radius 2 is 2.05 bits per heavy atom. The highest BCUT2D eigenvalue weighted by molar-refractivity contribution is 5.73. The molecule has 0 unspecified atom stereocenters. The lowest BCUT2D eigenvalue weighted by Gasteiger charge is -2.19. The van der Waals surface area contributed by atoms with Crippen LogP contribution in [0.2, 0.25) is 0 Å². The molecule has 0 aromatic heterocycles. The Balaban J connectivity index is 2.81. The van der Waals surface area contributed by atoms with Gasteiger partial charge in [0.1, 0.15) is 11.4 Å². The van der Waals surface area contributed by atoms with Gasteiger partial charge in [-0.3, -0.25) is 10.1 Å². The maximum Gasteiger partial charge on any atom is 0.344 e. The Labute approximate surface area is 117 Å². The van der Waals surface area contributed by atoms with E-state index in [1.54, 1.807) is 33.9 Å². The minimum Gasteiger partial charge on any atom is -0.479 e. The standard InChI is InChI=1S/C13H18N2O5/c1-13(2,3)20-11(16)8-19-10-7-5-6-9(15(17)18)12(10)14-4/h5-7,14H,8H2,1-4H3. The molecule has 1 rings (SSSR count). The zero-order valence-electron chi connectivity index (χ0n) is 11.9. The molecule has 7 heteroatoms. The van der Waals surface area contributed by atoms with Gasteiger partial charge in [-0.05, 0) is 26.8 Å². The lowest BCUT2D eigenvalue weighted by molar-refractivity contribution is -0.384. The summed E-state index contributed by atoms with van der Waals surface area (Å²) in [5.41, 5.74) is -0.496. The van der Waals surface area contributed by atoms with Crippen molar-refractivity contribution in [3.63, 3.8) is 0 Å². The molecule has 7 nitrogen and oxygen atoms in total. The normalized spacial score (nSPS) is 10.8. The number of anilines is 1. The molecule has 0 aliphatic rings. The van der Waals surface area contributed by atoms with E-state index in [0.717, 1.165) is 0 Å². The van der Waals surface area contributed by atoms with E-state index in [-0.39, 0.29) is 23.7 Å². The second-order valence-corrected chi connectivity index (χ2v) is 5.03. The van der Waals surface area contributed by atoms with Crippen LogP contribution in [0.3, 0.4) is 0 Å². The van der Waals surface area contributed by atoms with E-state index in [1.165, 1.54) is 12.1 Å². The minimum atomic E-state index is -0.602. The molecule has 0 aliphatic heterocycles. The van der Waals surface area contributed by atoms with Crippen molar-refractivity contribution in [1.29, 1.82) is 0 Å². The van der Waals surface area contributed by atoms with E-state index >= 15 is 0 Å². The van der Waals surface area contributed by atoms with Gasteiger partial charge in [0, 0.05) is 13.1 Å². The van der Waals surface area contributed by atoms with Crippen molar-refractivity contribution in [2.75, 3.05) is 19.0 Å². The van der Waals surface area contributed by atoms with Crippen molar-refractivity contribution in [2.24, 2.45) is 0 Å². The number of nitrogens with zero attached hydrogens (tertiary/aromatic N) is 1. The number of hydrogen-bond acceptors (Lipinski definition) is 6. The van der Waals surface area contributed by atoms with Crippen LogP contribution in [0.25, 0.3) is 0 Å². The van der Waals surface area contributed by atoms with E-state index in [0.29, 0.717) is 0 Å². The van der Waals surface area contributed by atoms with Crippen LogP contribution in [0.15, 0.2) is 18.2 Å². The van der Waals surface area contributed by atoms with E-state index in [1.807, 2.05) is 0 Å². The van der Waals surface area contributed by atoms with Crippen LogP contribution >= 0.6 is 0 Å². The number of hydrogen-bond donors (Lipinski definition) is 1. The summed E-state index contributed by atoms with van der Waals surface area (Å²) in [6, 6.07) is 4.39. The van der Waals surface area contributed by atoms with Crippen LogP contribution in [-0.4, -0.2) is 30.1 Å². The number of benzene rings is 1. The van der Waals surface area contributed by atoms with E-state index in [2.05, 4.69) is 5.32 Å². The summed E-state index contributed by atoms with van der Waals surface area (Å²) in [6.45, 7) is 4.93. The summed E-state index contributed by atoms with van der Waals surface area (Å²) in [5.74, 6) is -0.307. The van der Waals surface area contributed by atoms with E-state index < -0.39 is 16.5 Å². The van der Waals surface area contributed by atoms with Gasteiger partial charge in [-0.15, -0.1) is 0 Å². The maximum absolute atomic E-state index is 11.5. The Hall–Kier alpha value is -2.31. The van der Waals surface area contributed by atoms with Crippen LogP contribution in [0.1, 0.15) is 20.8 Å². The van der Waals surface area contributed by atoms with Gasteiger partial charge >= 0.3 is 5.97 Å². The molecule has 0 saturated carbocycles. The molecular formula is C13H18N2O5. The van der Waals surface area contributed by atoms with Gasteiger partial charge in [-0.25, -0.2) is 4.79 Å². The van der Waals surface area contributed by atoms with Crippen LogP contribution in [-0.2, 0) is 9.53 Å². The summed E-state index contributed by atoms with van der Waals surface area (Å²) in [7, 11) is 1.54. The first kappa shape index (κ1) is 15.7. The fourth-order valence-electron chi connectivity index (χ4n) is 1.55. The summed E-state index contributed by atoms with van der Waals surface area (Å²) in [6.07, 6.45) is 0. The third-order valence-corrected chi connectivity index (χ3v) is 2.22. The number of nitro groups is 1. The van der Waals surface area contributed by atoms with Crippen LogP contribution < -0.4 is 10.1 Å². The molecule has 20 heavy (non-hydrogen) atoms. The lowest BCUT2D eigenvalue weighted by atomic mass is 10.2. The van der Waals surface area contributed by atoms with Crippen LogP contribution in [0.5, 0.6) is 5.75 Å². The number of esters is 1. The molecule has 0 spiro atoms. The topological polar surface area (TPSA) is 90.7 Å². The summed E-state index contributed by atoms with van der Waals surface area (Å²) < 4.78 is 10.4. The highest BCUT2D eigenvalue weighted by Gasteiger charge is 2.20. The number of para-hydroxylation sites is 1. The molecule has 1 N–H and O–H groups in total. The Bertz CT molecular complexity index is 508. The number of carbonyl (C=O) groups excluding carboxylic acids is 1. The van der Waals surface area contributed by atoms with Gasteiger partial charge in [0.25, 0.3) is 5.69 Å². The highest BCUT2D eigenvalue weighted by Crippen LogP contribution is 2.33. The van der Waals surface area contributed by atoms with Crippen molar-refractivity contribution >= 4 is 17.3 Å². The Kier molecular flexibility index (Phi) is 4.90. The molecule has 1 aromatic carbocycles. The molecule has 0 atom stereocenters. The van der Waals surface area contributed by atoms with Gasteiger partial charge in [0.05, 0.1) is 4.92 Å². The second-order valence-electron chi connectivity index (χ2n) is 5.03. The van der Waals surface area contributed by atoms with Gasteiger partial charge in [0.2, 0.25) is 0 Å². The van der Waals surface area contributed by atoms with Crippen molar-refractivity contribution in [2.45, 2.75) is 26.4 Å². The number of rotatable bonds is 5. The molecule has 1 aromatic rings. The summed E-state index contributed by atoms with van der Waals surface area (Å²) >= 11 is 0. The number of nitro benzene ring substituents is 1.